The van der Waals surface area contributed by atoms with Crippen LogP contribution in [-0.2, 0) is 0 Å². The third-order valence-electron chi connectivity index (χ3n) is 3.73. The third kappa shape index (κ3) is 4.74. The first-order valence-corrected chi connectivity index (χ1v) is 9.08. The smallest absolute Gasteiger partial charge is 0.191 e. The van der Waals surface area contributed by atoms with Gasteiger partial charge in [-0.05, 0) is 44.5 Å². The highest BCUT2D eigenvalue weighted by Crippen LogP contribution is 2.30. The highest BCUT2D eigenvalue weighted by Gasteiger charge is 2.18. The molecule has 0 fully saturated rings. The maximum atomic E-state index is 9.21. The van der Waals surface area contributed by atoms with E-state index in [1.807, 2.05) is 24.3 Å². The molecule has 0 unspecified atom stereocenters. The lowest BCUT2D eigenvalue weighted by Crippen LogP contribution is -2.07. The van der Waals surface area contributed by atoms with E-state index in [1.165, 1.54) is 11.8 Å². The second kappa shape index (κ2) is 9.10. The molecule has 0 aliphatic rings. The first-order chi connectivity index (χ1) is 12.1. The van der Waals surface area contributed by atoms with E-state index in [2.05, 4.69) is 40.8 Å². The molecule has 0 N–H and O–H groups in total. The molecule has 0 aliphatic carbocycles. The molecule has 0 aliphatic heterocycles. The standard InChI is InChI=1S/C18H21N5OS/c1-13(2)23-17(15-6-8-16(24-3)9-7-15)21-22-18(23)25-12-14(11-20)5-4-10-19/h6-9,13-14H,4-5,12H2,1-3H3/t14-/m1/s1. The molecule has 7 heteroatoms. The van der Waals surface area contributed by atoms with E-state index in [1.54, 1.807) is 7.11 Å². The molecule has 2 rings (SSSR count). The van der Waals surface area contributed by atoms with Crippen molar-refractivity contribution in [3.8, 4) is 29.3 Å². The van der Waals surface area contributed by atoms with Crippen molar-refractivity contribution in [3.05, 3.63) is 24.3 Å². The van der Waals surface area contributed by atoms with Crippen LogP contribution >= 0.6 is 11.8 Å². The van der Waals surface area contributed by atoms with Crippen LogP contribution in [0.4, 0.5) is 0 Å². The van der Waals surface area contributed by atoms with Gasteiger partial charge in [-0.25, -0.2) is 0 Å². The largest absolute Gasteiger partial charge is 0.497 e. The summed E-state index contributed by atoms with van der Waals surface area (Å²) in [7, 11) is 1.64. The number of nitrogens with zero attached hydrogens (tertiary/aromatic N) is 5. The minimum absolute atomic E-state index is 0.161. The van der Waals surface area contributed by atoms with Gasteiger partial charge < -0.3 is 4.74 Å². The summed E-state index contributed by atoms with van der Waals surface area (Å²) in [5.41, 5.74) is 0.968. The number of hydrogen-bond acceptors (Lipinski definition) is 6. The maximum absolute atomic E-state index is 9.21. The summed E-state index contributed by atoms with van der Waals surface area (Å²) in [6, 6.07) is 12.3. The number of methoxy groups -OCH3 is 1. The summed E-state index contributed by atoms with van der Waals surface area (Å²) < 4.78 is 7.27. The summed E-state index contributed by atoms with van der Waals surface area (Å²) in [6.45, 7) is 4.16. The number of rotatable bonds is 8. The molecule has 2 aromatic rings. The molecular weight excluding hydrogens is 334 g/mol. The predicted octanol–water partition coefficient (Wildman–Crippen LogP) is 4.07. The molecule has 6 nitrogen and oxygen atoms in total. The van der Waals surface area contributed by atoms with Crippen molar-refractivity contribution in [2.75, 3.05) is 12.9 Å². The Labute approximate surface area is 152 Å². The van der Waals surface area contributed by atoms with Gasteiger partial charge in [-0.3, -0.25) is 4.57 Å². The van der Waals surface area contributed by atoms with Crippen molar-refractivity contribution < 1.29 is 4.74 Å². The number of nitriles is 2. The van der Waals surface area contributed by atoms with Crippen LogP contribution in [0.25, 0.3) is 11.4 Å². The number of aromatic nitrogens is 3. The fraction of sp³-hybridized carbons (Fsp3) is 0.444. The van der Waals surface area contributed by atoms with Crippen molar-refractivity contribution in [2.24, 2.45) is 5.92 Å². The molecule has 0 bridgehead atoms. The summed E-state index contributed by atoms with van der Waals surface area (Å²) in [4.78, 5) is 0. The quantitative estimate of drug-likeness (QED) is 0.663. The molecule has 1 heterocycles. The van der Waals surface area contributed by atoms with Crippen molar-refractivity contribution in [3.63, 3.8) is 0 Å². The Morgan fingerprint density at radius 1 is 1.20 bits per heavy atom. The highest BCUT2D eigenvalue weighted by molar-refractivity contribution is 7.99. The summed E-state index contributed by atoms with van der Waals surface area (Å²) in [5.74, 6) is 2.03. The van der Waals surface area contributed by atoms with Crippen LogP contribution in [0.15, 0.2) is 29.4 Å². The Kier molecular flexibility index (Phi) is 6.85. The van der Waals surface area contributed by atoms with E-state index in [-0.39, 0.29) is 12.0 Å². The van der Waals surface area contributed by atoms with Crippen LogP contribution in [0.5, 0.6) is 5.75 Å². The SMILES string of the molecule is COc1ccc(-c2nnc(SC[C@@H](C#N)CCC#N)n2C(C)C)cc1. The zero-order valence-corrected chi connectivity index (χ0v) is 15.5. The van der Waals surface area contributed by atoms with Gasteiger partial charge in [-0.1, -0.05) is 11.8 Å². The minimum Gasteiger partial charge on any atom is -0.497 e. The fourth-order valence-electron chi connectivity index (χ4n) is 2.38. The van der Waals surface area contributed by atoms with Crippen LogP contribution in [-0.4, -0.2) is 27.6 Å². The predicted molar refractivity (Wildman–Crippen MR) is 97.1 cm³/mol. The number of hydrogen-bond donors (Lipinski definition) is 0. The van der Waals surface area contributed by atoms with Crippen molar-refractivity contribution >= 4 is 11.8 Å². The molecule has 0 saturated heterocycles. The third-order valence-corrected chi connectivity index (χ3v) is 4.84. The Morgan fingerprint density at radius 3 is 2.48 bits per heavy atom. The van der Waals surface area contributed by atoms with Gasteiger partial charge in [-0.15, -0.1) is 10.2 Å². The van der Waals surface area contributed by atoms with Gasteiger partial charge in [0.1, 0.15) is 5.75 Å². The van der Waals surface area contributed by atoms with Crippen molar-refractivity contribution in [1.29, 1.82) is 10.5 Å². The first kappa shape index (κ1) is 18.8. The fourth-order valence-corrected chi connectivity index (χ4v) is 3.50. The number of benzene rings is 1. The molecule has 0 saturated carbocycles. The molecule has 0 amide bonds. The summed E-state index contributed by atoms with van der Waals surface area (Å²) in [6.07, 6.45) is 0.980. The average Bonchev–Trinajstić information content (AvgIpc) is 3.06. The van der Waals surface area contributed by atoms with E-state index < -0.39 is 0 Å². The van der Waals surface area contributed by atoms with Gasteiger partial charge in [0.05, 0.1) is 25.2 Å². The van der Waals surface area contributed by atoms with E-state index >= 15 is 0 Å². The summed E-state index contributed by atoms with van der Waals surface area (Å²) >= 11 is 1.51. The molecule has 130 valence electrons. The Bertz CT molecular complexity index is 770. The minimum atomic E-state index is -0.161. The van der Waals surface area contributed by atoms with E-state index in [9.17, 15) is 5.26 Å². The lowest BCUT2D eigenvalue weighted by atomic mass is 10.1. The number of thioether (sulfide) groups is 1. The Hall–Kier alpha value is -2.51. The van der Waals surface area contributed by atoms with Gasteiger partial charge in [0.15, 0.2) is 11.0 Å². The van der Waals surface area contributed by atoms with Gasteiger partial charge in [0, 0.05) is 23.8 Å². The van der Waals surface area contributed by atoms with Crippen LogP contribution in [0, 0.1) is 28.6 Å². The van der Waals surface area contributed by atoms with Crippen LogP contribution < -0.4 is 4.74 Å². The van der Waals surface area contributed by atoms with E-state index in [0.717, 1.165) is 22.3 Å². The van der Waals surface area contributed by atoms with Gasteiger partial charge in [0.2, 0.25) is 0 Å². The highest BCUT2D eigenvalue weighted by atomic mass is 32.2. The molecule has 0 radical (unpaired) electrons. The van der Waals surface area contributed by atoms with Crippen LogP contribution in [0.2, 0.25) is 0 Å². The van der Waals surface area contributed by atoms with Gasteiger partial charge in [0.25, 0.3) is 0 Å². The van der Waals surface area contributed by atoms with E-state index in [4.69, 9.17) is 10.00 Å². The van der Waals surface area contributed by atoms with Crippen molar-refractivity contribution in [1.82, 2.24) is 14.8 Å². The zero-order valence-electron chi connectivity index (χ0n) is 14.6. The first-order valence-electron chi connectivity index (χ1n) is 8.09. The maximum Gasteiger partial charge on any atom is 0.191 e. The van der Waals surface area contributed by atoms with Crippen molar-refractivity contribution in [2.45, 2.75) is 37.9 Å². The average molecular weight is 355 g/mol. The van der Waals surface area contributed by atoms with E-state index in [0.29, 0.717) is 18.6 Å². The van der Waals surface area contributed by atoms with Crippen LogP contribution in [0.1, 0.15) is 32.7 Å². The monoisotopic (exact) mass is 355 g/mol. The lowest BCUT2D eigenvalue weighted by Gasteiger charge is -2.14. The normalized spacial score (nSPS) is 11.8. The van der Waals surface area contributed by atoms with Gasteiger partial charge in [-0.2, -0.15) is 10.5 Å². The zero-order chi connectivity index (χ0) is 18.2. The second-order valence-electron chi connectivity index (χ2n) is 5.83. The Balaban J connectivity index is 2.21. The second-order valence-corrected chi connectivity index (χ2v) is 6.82. The lowest BCUT2D eigenvalue weighted by molar-refractivity contribution is 0.415. The summed E-state index contributed by atoms with van der Waals surface area (Å²) in [5, 5.41) is 27.3. The topological polar surface area (TPSA) is 87.5 Å². The molecular formula is C18H21N5OS. The molecule has 25 heavy (non-hydrogen) atoms. The molecule has 1 atom stereocenters. The molecule has 0 spiro atoms. The number of ether oxygens (including phenoxy) is 1. The van der Waals surface area contributed by atoms with Crippen LogP contribution in [0.3, 0.4) is 0 Å². The van der Waals surface area contributed by atoms with Gasteiger partial charge >= 0.3 is 0 Å². The molecule has 1 aromatic carbocycles. The molecule has 1 aromatic heterocycles. The Morgan fingerprint density at radius 2 is 1.92 bits per heavy atom.